The number of hydrogen-bond acceptors (Lipinski definition) is 5. The lowest BCUT2D eigenvalue weighted by molar-refractivity contribution is 0.00578. The second-order valence-corrected chi connectivity index (χ2v) is 10.1. The van der Waals surface area contributed by atoms with Gasteiger partial charge in [-0.1, -0.05) is 12.8 Å². The van der Waals surface area contributed by atoms with E-state index in [2.05, 4.69) is 10.4 Å². The van der Waals surface area contributed by atoms with E-state index in [4.69, 9.17) is 14.0 Å². The van der Waals surface area contributed by atoms with Crippen molar-refractivity contribution in [1.82, 2.24) is 15.1 Å². The predicted octanol–water partition coefficient (Wildman–Crippen LogP) is 2.98. The van der Waals surface area contributed by atoms with Gasteiger partial charge in [-0.2, -0.15) is 5.10 Å². The Hall–Kier alpha value is -1.54. The van der Waals surface area contributed by atoms with Crippen LogP contribution in [-0.4, -0.2) is 46.3 Å². The number of nitrogens with zero attached hydrogens (tertiary/aromatic N) is 2. The maximum Gasteiger partial charge on any atom is 0.498 e. The minimum absolute atomic E-state index is 0.237. The number of nitrogens with one attached hydrogen (secondary N) is 1. The van der Waals surface area contributed by atoms with Gasteiger partial charge < -0.3 is 19.4 Å². The largest absolute Gasteiger partial charge is 0.498 e. The van der Waals surface area contributed by atoms with Gasteiger partial charge in [-0.3, -0.25) is 4.68 Å². The molecule has 1 amide bonds. The Balaban J connectivity index is 1.73. The average molecular weight is 391 g/mol. The van der Waals surface area contributed by atoms with Crippen molar-refractivity contribution in [3.8, 4) is 0 Å². The van der Waals surface area contributed by atoms with Crippen LogP contribution in [0, 0.1) is 0 Å². The molecule has 1 aromatic rings. The summed E-state index contributed by atoms with van der Waals surface area (Å²) in [4.78, 5) is 12.1. The molecule has 2 aliphatic rings. The van der Waals surface area contributed by atoms with Crippen molar-refractivity contribution >= 4 is 18.7 Å². The highest BCUT2D eigenvalue weighted by Crippen LogP contribution is 2.38. The smallest absolute Gasteiger partial charge is 0.444 e. The summed E-state index contributed by atoms with van der Waals surface area (Å²) in [5, 5.41) is 7.57. The van der Waals surface area contributed by atoms with Crippen LogP contribution in [-0.2, 0) is 19.6 Å². The van der Waals surface area contributed by atoms with E-state index in [-0.39, 0.29) is 16.7 Å². The molecule has 1 aliphatic carbocycles. The average Bonchev–Trinajstić information content (AvgIpc) is 3.23. The van der Waals surface area contributed by atoms with Crippen molar-refractivity contribution in [2.75, 3.05) is 6.54 Å². The Morgan fingerprint density at radius 2 is 1.79 bits per heavy atom. The van der Waals surface area contributed by atoms with Crippen molar-refractivity contribution in [1.29, 1.82) is 0 Å². The van der Waals surface area contributed by atoms with E-state index in [1.54, 1.807) is 0 Å². The zero-order chi connectivity index (χ0) is 20.8. The van der Waals surface area contributed by atoms with Crippen molar-refractivity contribution in [2.45, 2.75) is 96.5 Å². The lowest BCUT2D eigenvalue weighted by Gasteiger charge is -2.32. The number of ether oxygens (including phenoxy) is 1. The molecule has 1 N–H and O–H groups in total. The van der Waals surface area contributed by atoms with Gasteiger partial charge in [0.15, 0.2) is 0 Å². The summed E-state index contributed by atoms with van der Waals surface area (Å²) in [6, 6.07) is 0. The third-order valence-corrected chi connectivity index (χ3v) is 6.11. The minimum atomic E-state index is -0.511. The molecule has 0 bridgehead atoms. The zero-order valence-electron chi connectivity index (χ0n) is 18.3. The Morgan fingerprint density at radius 1 is 1.21 bits per heavy atom. The van der Waals surface area contributed by atoms with Crippen LogP contribution >= 0.6 is 0 Å². The molecule has 2 heterocycles. The molecule has 156 valence electrons. The van der Waals surface area contributed by atoms with E-state index in [0.717, 1.165) is 31.1 Å². The van der Waals surface area contributed by atoms with Crippen LogP contribution in [0.5, 0.6) is 0 Å². The van der Waals surface area contributed by atoms with Gasteiger partial charge >= 0.3 is 13.2 Å². The van der Waals surface area contributed by atoms with Crippen LogP contribution in [0.2, 0.25) is 0 Å². The van der Waals surface area contributed by atoms with Crippen LogP contribution in [0.1, 0.15) is 74.1 Å². The fraction of sp³-hybridized carbons (Fsp3) is 0.800. The third kappa shape index (κ3) is 4.22. The first-order chi connectivity index (χ1) is 12.8. The van der Waals surface area contributed by atoms with Crippen LogP contribution in [0.25, 0.3) is 0 Å². The van der Waals surface area contributed by atoms with Gasteiger partial charge in [0.25, 0.3) is 0 Å². The molecule has 1 saturated heterocycles. The summed E-state index contributed by atoms with van der Waals surface area (Å²) in [7, 11) is -0.434. The van der Waals surface area contributed by atoms with E-state index in [1.807, 2.05) is 65.5 Å². The number of amides is 1. The SMILES string of the molecule is CC(C)(C)OC(=O)NCC1(n2cc(B3OC(C)(C)C(C)(C)O3)cn2)CCCC1. The van der Waals surface area contributed by atoms with Gasteiger partial charge in [-0.15, -0.1) is 0 Å². The molecule has 28 heavy (non-hydrogen) atoms. The number of alkyl carbamates (subject to hydrolysis) is 1. The van der Waals surface area contributed by atoms with Crippen molar-refractivity contribution in [3.05, 3.63) is 12.4 Å². The van der Waals surface area contributed by atoms with Crippen molar-refractivity contribution in [3.63, 3.8) is 0 Å². The summed E-state index contributed by atoms with van der Waals surface area (Å²) in [5.41, 5.74) is -0.616. The second-order valence-electron chi connectivity index (χ2n) is 10.1. The highest BCUT2D eigenvalue weighted by molar-refractivity contribution is 6.62. The van der Waals surface area contributed by atoms with E-state index in [9.17, 15) is 4.79 Å². The molecular formula is C20H34BN3O4. The molecule has 8 heteroatoms. The molecule has 1 aromatic heterocycles. The third-order valence-electron chi connectivity index (χ3n) is 6.11. The highest BCUT2D eigenvalue weighted by Gasteiger charge is 2.52. The molecule has 0 unspecified atom stereocenters. The van der Waals surface area contributed by atoms with Gasteiger partial charge in [-0.25, -0.2) is 4.79 Å². The second kappa shape index (κ2) is 7.06. The topological polar surface area (TPSA) is 74.6 Å². The number of carbonyl (C=O) groups excluding carboxylic acids is 1. The lowest BCUT2D eigenvalue weighted by Crippen LogP contribution is -2.45. The molecule has 0 radical (unpaired) electrons. The monoisotopic (exact) mass is 391 g/mol. The first kappa shape index (κ1) is 21.2. The Kier molecular flexibility index (Phi) is 5.34. The normalized spacial score (nSPS) is 23.0. The fourth-order valence-corrected chi connectivity index (χ4v) is 3.77. The van der Waals surface area contributed by atoms with Gasteiger partial charge in [0.2, 0.25) is 0 Å². The van der Waals surface area contributed by atoms with Gasteiger partial charge in [0.05, 0.1) is 16.7 Å². The summed E-state index contributed by atoms with van der Waals surface area (Å²) in [5.74, 6) is 0. The predicted molar refractivity (Wildman–Crippen MR) is 109 cm³/mol. The molecule has 1 saturated carbocycles. The molecule has 1 aliphatic heterocycles. The standard InChI is InChI=1S/C20H34BN3O4/c1-17(2,3)26-16(25)22-14-20(10-8-9-11-20)24-13-15(12-23-24)21-27-18(4,5)19(6,7)28-21/h12-13H,8-11,14H2,1-7H3,(H,22,25). The minimum Gasteiger partial charge on any atom is -0.444 e. The van der Waals surface area contributed by atoms with E-state index >= 15 is 0 Å². The summed E-state index contributed by atoms with van der Waals surface area (Å²) < 4.78 is 19.7. The highest BCUT2D eigenvalue weighted by atomic mass is 16.7. The molecule has 3 rings (SSSR count). The number of hydrogen-bond donors (Lipinski definition) is 1. The maximum absolute atomic E-state index is 12.1. The fourth-order valence-electron chi connectivity index (χ4n) is 3.77. The Labute approximate surface area is 168 Å². The molecule has 7 nitrogen and oxygen atoms in total. The Morgan fingerprint density at radius 3 is 2.32 bits per heavy atom. The zero-order valence-corrected chi connectivity index (χ0v) is 18.3. The molecular weight excluding hydrogens is 357 g/mol. The van der Waals surface area contributed by atoms with Gasteiger partial charge in [0.1, 0.15) is 5.60 Å². The van der Waals surface area contributed by atoms with Crippen LogP contribution < -0.4 is 10.8 Å². The summed E-state index contributed by atoms with van der Waals surface area (Å²) >= 11 is 0. The van der Waals surface area contributed by atoms with Crippen LogP contribution in [0.4, 0.5) is 4.79 Å². The quantitative estimate of drug-likeness (QED) is 0.799. The summed E-state index contributed by atoms with van der Waals surface area (Å²) in [6.45, 7) is 14.3. The number of aromatic nitrogens is 2. The Bertz CT molecular complexity index is 701. The molecule has 0 atom stereocenters. The molecule has 0 spiro atoms. The maximum atomic E-state index is 12.1. The van der Waals surface area contributed by atoms with E-state index in [0.29, 0.717) is 6.54 Å². The van der Waals surface area contributed by atoms with Crippen LogP contribution in [0.3, 0.4) is 0 Å². The van der Waals surface area contributed by atoms with Crippen molar-refractivity contribution in [2.24, 2.45) is 0 Å². The first-order valence-electron chi connectivity index (χ1n) is 10.2. The van der Waals surface area contributed by atoms with Gasteiger partial charge in [-0.05, 0) is 61.3 Å². The number of rotatable bonds is 4. The van der Waals surface area contributed by atoms with Crippen molar-refractivity contribution < 1.29 is 18.8 Å². The van der Waals surface area contributed by atoms with Crippen LogP contribution in [0.15, 0.2) is 12.4 Å². The molecule has 0 aromatic carbocycles. The van der Waals surface area contributed by atoms with E-state index in [1.165, 1.54) is 0 Å². The number of carbonyl (C=O) groups is 1. The molecule has 2 fully saturated rings. The van der Waals surface area contributed by atoms with E-state index < -0.39 is 18.8 Å². The first-order valence-corrected chi connectivity index (χ1v) is 10.2. The summed E-state index contributed by atoms with van der Waals surface area (Å²) in [6.07, 6.45) is 7.58. The van der Waals surface area contributed by atoms with Gasteiger partial charge in [0, 0.05) is 24.4 Å². The lowest BCUT2D eigenvalue weighted by atomic mass is 9.81.